The van der Waals surface area contributed by atoms with E-state index in [9.17, 15) is 4.79 Å². The van der Waals surface area contributed by atoms with Crippen molar-refractivity contribution in [3.8, 4) is 0 Å². The normalized spacial score (nSPS) is 18.9. The maximum Gasteiger partial charge on any atom is 0.311 e. The van der Waals surface area contributed by atoms with Gasteiger partial charge in [0.1, 0.15) is 0 Å². The van der Waals surface area contributed by atoms with Gasteiger partial charge in [-0.15, -0.1) is 0 Å². The standard InChI is InChI=1S/C10H12N2O2S/c1-2-6-8-5(9(13)14)3-4-7(8)12-10(15)11-6/h5H,2-4H2,1H3,(H,13,14)(H,11,12,15). The monoisotopic (exact) mass is 224 g/mol. The first kappa shape index (κ1) is 10.3. The van der Waals surface area contributed by atoms with Crippen molar-refractivity contribution in [1.82, 2.24) is 9.97 Å². The maximum absolute atomic E-state index is 11.0. The van der Waals surface area contributed by atoms with Gasteiger partial charge in [-0.3, -0.25) is 4.79 Å². The number of carboxylic acids is 1. The lowest BCUT2D eigenvalue weighted by atomic mass is 10.0. The van der Waals surface area contributed by atoms with E-state index in [0.29, 0.717) is 11.2 Å². The number of aromatic nitrogens is 2. The van der Waals surface area contributed by atoms with Crippen LogP contribution in [0.5, 0.6) is 0 Å². The molecule has 1 aliphatic rings. The molecule has 0 saturated carbocycles. The van der Waals surface area contributed by atoms with Crippen LogP contribution in [0, 0.1) is 4.77 Å². The van der Waals surface area contributed by atoms with Gasteiger partial charge in [-0.2, -0.15) is 0 Å². The van der Waals surface area contributed by atoms with Crippen molar-refractivity contribution in [3.63, 3.8) is 0 Å². The van der Waals surface area contributed by atoms with Crippen molar-refractivity contribution in [2.75, 3.05) is 0 Å². The molecule has 1 aromatic rings. The first-order valence-corrected chi connectivity index (χ1v) is 5.39. The molecule has 0 radical (unpaired) electrons. The van der Waals surface area contributed by atoms with Crippen LogP contribution in [-0.4, -0.2) is 21.0 Å². The first-order chi connectivity index (χ1) is 7.13. The molecule has 1 aromatic heterocycles. The van der Waals surface area contributed by atoms with E-state index in [-0.39, 0.29) is 0 Å². The molecule has 5 heteroatoms. The average Bonchev–Trinajstić information content (AvgIpc) is 2.59. The van der Waals surface area contributed by atoms with Crippen molar-refractivity contribution in [2.45, 2.75) is 32.1 Å². The molecule has 15 heavy (non-hydrogen) atoms. The van der Waals surface area contributed by atoms with Gasteiger partial charge in [0.05, 0.1) is 5.92 Å². The van der Waals surface area contributed by atoms with Gasteiger partial charge >= 0.3 is 5.97 Å². The summed E-state index contributed by atoms with van der Waals surface area (Å²) in [7, 11) is 0. The zero-order valence-corrected chi connectivity index (χ0v) is 9.23. The number of fused-ring (bicyclic) bond motifs is 1. The van der Waals surface area contributed by atoms with E-state index in [0.717, 1.165) is 29.8 Å². The Morgan fingerprint density at radius 1 is 1.73 bits per heavy atom. The van der Waals surface area contributed by atoms with Gasteiger partial charge in [0.25, 0.3) is 0 Å². The fraction of sp³-hybridized carbons (Fsp3) is 0.500. The second-order valence-corrected chi connectivity index (χ2v) is 4.05. The highest BCUT2D eigenvalue weighted by atomic mass is 32.1. The minimum atomic E-state index is -0.768. The molecule has 0 saturated heterocycles. The highest BCUT2D eigenvalue weighted by molar-refractivity contribution is 7.71. The number of aliphatic carboxylic acids is 1. The Bertz CT molecular complexity index is 467. The van der Waals surface area contributed by atoms with Crippen LogP contribution < -0.4 is 0 Å². The Labute approximate surface area is 92.4 Å². The van der Waals surface area contributed by atoms with Gasteiger partial charge in [-0.25, -0.2) is 4.98 Å². The second-order valence-electron chi connectivity index (χ2n) is 3.66. The van der Waals surface area contributed by atoms with Gasteiger partial charge < -0.3 is 10.1 Å². The van der Waals surface area contributed by atoms with Crippen LogP contribution in [0.4, 0.5) is 0 Å². The van der Waals surface area contributed by atoms with Gasteiger partial charge in [0, 0.05) is 17.0 Å². The molecule has 1 unspecified atom stereocenters. The number of hydrogen-bond donors (Lipinski definition) is 2. The summed E-state index contributed by atoms with van der Waals surface area (Å²) in [6.07, 6.45) is 2.13. The van der Waals surface area contributed by atoms with Crippen LogP contribution in [0.3, 0.4) is 0 Å². The topological polar surface area (TPSA) is 66.0 Å². The Kier molecular flexibility index (Phi) is 2.56. The molecule has 0 aliphatic heterocycles. The van der Waals surface area contributed by atoms with Gasteiger partial charge in [0.2, 0.25) is 0 Å². The van der Waals surface area contributed by atoms with Crippen LogP contribution in [0.25, 0.3) is 0 Å². The van der Waals surface area contributed by atoms with Gasteiger partial charge in [0.15, 0.2) is 4.77 Å². The molecular formula is C10H12N2O2S. The number of hydrogen-bond acceptors (Lipinski definition) is 3. The van der Waals surface area contributed by atoms with E-state index in [1.807, 2.05) is 6.92 Å². The molecule has 0 bridgehead atoms. The second kappa shape index (κ2) is 3.73. The Morgan fingerprint density at radius 2 is 2.47 bits per heavy atom. The smallest absolute Gasteiger partial charge is 0.311 e. The van der Waals surface area contributed by atoms with Crippen molar-refractivity contribution in [1.29, 1.82) is 0 Å². The Balaban J connectivity index is 2.60. The number of carboxylic acid groups (broad SMARTS) is 1. The lowest BCUT2D eigenvalue weighted by Gasteiger charge is -2.09. The molecule has 4 nitrogen and oxygen atoms in total. The lowest BCUT2D eigenvalue weighted by molar-refractivity contribution is -0.138. The molecule has 0 aromatic carbocycles. The third-order valence-corrected chi connectivity index (χ3v) is 2.99. The van der Waals surface area contributed by atoms with E-state index < -0.39 is 11.9 Å². The summed E-state index contributed by atoms with van der Waals surface area (Å²) in [4.78, 5) is 18.2. The van der Waals surface area contributed by atoms with E-state index in [1.54, 1.807) is 0 Å². The zero-order chi connectivity index (χ0) is 11.0. The molecule has 0 fully saturated rings. The number of nitrogens with one attached hydrogen (secondary N) is 1. The summed E-state index contributed by atoms with van der Waals surface area (Å²) < 4.78 is 0.455. The maximum atomic E-state index is 11.0. The summed E-state index contributed by atoms with van der Waals surface area (Å²) in [5.74, 6) is -1.18. The first-order valence-electron chi connectivity index (χ1n) is 4.98. The van der Waals surface area contributed by atoms with Gasteiger partial charge in [-0.1, -0.05) is 6.92 Å². The predicted molar refractivity (Wildman–Crippen MR) is 57.5 cm³/mol. The van der Waals surface area contributed by atoms with E-state index in [1.165, 1.54) is 0 Å². The molecule has 1 atom stereocenters. The zero-order valence-electron chi connectivity index (χ0n) is 8.41. The van der Waals surface area contributed by atoms with Crippen LogP contribution >= 0.6 is 12.2 Å². The summed E-state index contributed by atoms with van der Waals surface area (Å²) in [5, 5.41) is 9.08. The average molecular weight is 224 g/mol. The molecule has 1 heterocycles. The molecule has 80 valence electrons. The summed E-state index contributed by atoms with van der Waals surface area (Å²) in [6, 6.07) is 0. The van der Waals surface area contributed by atoms with Crippen LogP contribution in [-0.2, 0) is 17.6 Å². The molecule has 0 spiro atoms. The fourth-order valence-electron chi connectivity index (χ4n) is 2.14. The van der Waals surface area contributed by atoms with Crippen molar-refractivity contribution in [3.05, 3.63) is 21.7 Å². The molecule has 2 rings (SSSR count). The van der Waals surface area contributed by atoms with Crippen molar-refractivity contribution in [2.24, 2.45) is 0 Å². The molecule has 2 N–H and O–H groups in total. The van der Waals surface area contributed by atoms with E-state index >= 15 is 0 Å². The lowest BCUT2D eigenvalue weighted by Crippen LogP contribution is -2.11. The molecule has 0 amide bonds. The van der Waals surface area contributed by atoms with Crippen LogP contribution in [0.15, 0.2) is 0 Å². The molecular weight excluding hydrogens is 212 g/mol. The van der Waals surface area contributed by atoms with Crippen LogP contribution in [0.1, 0.15) is 36.2 Å². The number of aromatic amines is 1. The largest absolute Gasteiger partial charge is 0.481 e. The van der Waals surface area contributed by atoms with Crippen molar-refractivity contribution >= 4 is 18.2 Å². The third-order valence-electron chi connectivity index (χ3n) is 2.79. The number of aryl methyl sites for hydroxylation is 2. The Morgan fingerprint density at radius 3 is 3.07 bits per heavy atom. The van der Waals surface area contributed by atoms with E-state index in [2.05, 4.69) is 9.97 Å². The molecule has 1 aliphatic carbocycles. The minimum Gasteiger partial charge on any atom is -0.481 e. The summed E-state index contributed by atoms with van der Waals surface area (Å²) in [6.45, 7) is 1.97. The quantitative estimate of drug-likeness (QED) is 0.752. The van der Waals surface area contributed by atoms with Gasteiger partial charge in [-0.05, 0) is 31.5 Å². The third kappa shape index (κ3) is 1.67. The SMILES string of the molecule is CCc1nc(=S)[nH]c2c1C(C(=O)O)CC2. The fourth-order valence-corrected chi connectivity index (χ4v) is 2.37. The van der Waals surface area contributed by atoms with Crippen LogP contribution in [0.2, 0.25) is 0 Å². The Hall–Kier alpha value is -1.23. The summed E-state index contributed by atoms with van der Waals surface area (Å²) in [5.41, 5.74) is 2.65. The highest BCUT2D eigenvalue weighted by Crippen LogP contribution is 2.33. The highest BCUT2D eigenvalue weighted by Gasteiger charge is 2.31. The van der Waals surface area contributed by atoms with E-state index in [4.69, 9.17) is 17.3 Å². The van der Waals surface area contributed by atoms with Crippen molar-refractivity contribution < 1.29 is 9.90 Å². The number of nitrogens with zero attached hydrogens (tertiary/aromatic N) is 1. The number of rotatable bonds is 2. The minimum absolute atomic E-state index is 0.408. The summed E-state index contributed by atoms with van der Waals surface area (Å²) >= 11 is 5.00. The predicted octanol–water partition coefficient (Wildman–Crippen LogP) is 1.82. The number of carbonyl (C=O) groups is 1. The number of H-pyrrole nitrogens is 1.